The fourth-order valence-electron chi connectivity index (χ4n) is 2.02. The molecule has 3 heteroatoms. The molecule has 0 aliphatic heterocycles. The summed E-state index contributed by atoms with van der Waals surface area (Å²) in [6.07, 6.45) is 8.55. The van der Waals surface area contributed by atoms with Gasteiger partial charge in [-0.3, -0.25) is 0 Å². The lowest BCUT2D eigenvalue weighted by Crippen LogP contribution is -2.15. The van der Waals surface area contributed by atoms with Gasteiger partial charge in [-0.2, -0.15) is 0 Å². The molecule has 1 aromatic heterocycles. The van der Waals surface area contributed by atoms with Gasteiger partial charge < -0.3 is 4.74 Å². The number of hydrogen-bond donors (Lipinski definition) is 0. The first-order chi connectivity index (χ1) is 7.34. The lowest BCUT2D eigenvalue weighted by molar-refractivity contribution is 0.208. The van der Waals surface area contributed by atoms with Crippen molar-refractivity contribution in [3.8, 4) is 5.75 Å². The zero-order valence-corrected chi connectivity index (χ0v) is 10.4. The largest absolute Gasteiger partial charge is 0.492 e. The Morgan fingerprint density at radius 2 is 2.07 bits per heavy atom. The van der Waals surface area contributed by atoms with Crippen LogP contribution in [0.3, 0.4) is 0 Å². The summed E-state index contributed by atoms with van der Waals surface area (Å²) in [5.41, 5.74) is 0. The van der Waals surface area contributed by atoms with Gasteiger partial charge in [-0.15, -0.1) is 0 Å². The van der Waals surface area contributed by atoms with Gasteiger partial charge in [-0.25, -0.2) is 4.98 Å². The molecule has 0 radical (unpaired) electrons. The zero-order chi connectivity index (χ0) is 10.5. The van der Waals surface area contributed by atoms with Crippen molar-refractivity contribution in [3.63, 3.8) is 0 Å². The highest BCUT2D eigenvalue weighted by molar-refractivity contribution is 9.10. The molecule has 0 atom stereocenters. The summed E-state index contributed by atoms with van der Waals surface area (Å²) in [6, 6.07) is 3.87. The average molecular weight is 270 g/mol. The number of hydrogen-bond acceptors (Lipinski definition) is 2. The van der Waals surface area contributed by atoms with Crippen molar-refractivity contribution >= 4 is 15.9 Å². The molecule has 15 heavy (non-hydrogen) atoms. The maximum atomic E-state index is 5.72. The molecule has 0 saturated heterocycles. The molecule has 1 aliphatic carbocycles. The molecule has 2 rings (SSSR count). The van der Waals surface area contributed by atoms with E-state index in [2.05, 4.69) is 20.9 Å². The van der Waals surface area contributed by atoms with Gasteiger partial charge in [0.15, 0.2) is 0 Å². The molecule has 0 N–H and O–H groups in total. The molecule has 82 valence electrons. The predicted octanol–water partition coefficient (Wildman–Crippen LogP) is 3.80. The molecule has 0 spiro atoms. The van der Waals surface area contributed by atoms with Crippen LogP contribution in [0.2, 0.25) is 0 Å². The quantitative estimate of drug-likeness (QED) is 0.779. The van der Waals surface area contributed by atoms with Crippen LogP contribution in [0, 0.1) is 5.92 Å². The minimum Gasteiger partial charge on any atom is -0.492 e. The third kappa shape index (κ3) is 3.49. The molecule has 1 heterocycles. The van der Waals surface area contributed by atoms with E-state index in [0.717, 1.165) is 22.9 Å². The molecule has 0 unspecified atom stereocenters. The SMILES string of the molecule is Brc1ccc(OCC2CCCCC2)cn1. The Hall–Kier alpha value is -0.570. The van der Waals surface area contributed by atoms with E-state index in [4.69, 9.17) is 4.74 Å². The Bertz CT molecular complexity index is 293. The number of halogens is 1. The van der Waals surface area contributed by atoms with Crippen LogP contribution in [0.15, 0.2) is 22.9 Å². The average Bonchev–Trinajstić information content (AvgIpc) is 2.30. The van der Waals surface area contributed by atoms with Crippen molar-refractivity contribution in [1.82, 2.24) is 4.98 Å². The van der Waals surface area contributed by atoms with Gasteiger partial charge in [-0.1, -0.05) is 19.3 Å². The lowest BCUT2D eigenvalue weighted by atomic mass is 9.90. The Morgan fingerprint density at radius 1 is 1.27 bits per heavy atom. The minimum atomic E-state index is 0.752. The molecule has 0 bridgehead atoms. The normalized spacial score (nSPS) is 17.7. The predicted molar refractivity (Wildman–Crippen MR) is 64.0 cm³/mol. The van der Waals surface area contributed by atoms with Gasteiger partial charge in [0.05, 0.1) is 12.8 Å². The molecular weight excluding hydrogens is 254 g/mol. The second-order valence-corrected chi connectivity index (χ2v) is 4.94. The van der Waals surface area contributed by atoms with E-state index in [0.29, 0.717) is 0 Å². The first-order valence-electron chi connectivity index (χ1n) is 5.59. The van der Waals surface area contributed by atoms with E-state index in [1.54, 1.807) is 6.20 Å². The van der Waals surface area contributed by atoms with Crippen molar-refractivity contribution in [1.29, 1.82) is 0 Å². The van der Waals surface area contributed by atoms with Gasteiger partial charge in [0, 0.05) is 0 Å². The van der Waals surface area contributed by atoms with Crippen molar-refractivity contribution < 1.29 is 4.74 Å². The van der Waals surface area contributed by atoms with Crippen molar-refractivity contribution in [2.75, 3.05) is 6.61 Å². The van der Waals surface area contributed by atoms with Crippen molar-refractivity contribution in [2.45, 2.75) is 32.1 Å². The smallest absolute Gasteiger partial charge is 0.137 e. The highest BCUT2D eigenvalue weighted by Crippen LogP contribution is 2.24. The van der Waals surface area contributed by atoms with Gasteiger partial charge in [0.1, 0.15) is 10.4 Å². The molecule has 1 fully saturated rings. The Labute approximate surface area is 99.2 Å². The summed E-state index contributed by atoms with van der Waals surface area (Å²) >= 11 is 3.31. The number of ether oxygens (including phenoxy) is 1. The first kappa shape index (κ1) is 10.9. The summed E-state index contributed by atoms with van der Waals surface area (Å²) in [5, 5.41) is 0. The summed E-state index contributed by atoms with van der Waals surface area (Å²) in [7, 11) is 0. The van der Waals surface area contributed by atoms with Gasteiger partial charge in [-0.05, 0) is 46.8 Å². The van der Waals surface area contributed by atoms with E-state index in [1.807, 2.05) is 12.1 Å². The molecule has 1 aliphatic rings. The van der Waals surface area contributed by atoms with Gasteiger partial charge in [0.2, 0.25) is 0 Å². The van der Waals surface area contributed by atoms with Crippen LogP contribution < -0.4 is 4.74 Å². The first-order valence-corrected chi connectivity index (χ1v) is 6.38. The molecular formula is C12H16BrNO. The Morgan fingerprint density at radius 3 is 2.73 bits per heavy atom. The van der Waals surface area contributed by atoms with E-state index in [1.165, 1.54) is 32.1 Å². The van der Waals surface area contributed by atoms with E-state index >= 15 is 0 Å². The fraction of sp³-hybridized carbons (Fsp3) is 0.583. The molecule has 1 aromatic rings. The third-order valence-corrected chi connectivity index (χ3v) is 3.38. The van der Waals surface area contributed by atoms with Gasteiger partial charge >= 0.3 is 0 Å². The monoisotopic (exact) mass is 269 g/mol. The van der Waals surface area contributed by atoms with Crippen molar-refractivity contribution in [3.05, 3.63) is 22.9 Å². The van der Waals surface area contributed by atoms with E-state index in [9.17, 15) is 0 Å². The van der Waals surface area contributed by atoms with Crippen LogP contribution in [-0.4, -0.2) is 11.6 Å². The topological polar surface area (TPSA) is 22.1 Å². The highest BCUT2D eigenvalue weighted by Gasteiger charge is 2.13. The van der Waals surface area contributed by atoms with E-state index in [-0.39, 0.29) is 0 Å². The number of nitrogens with zero attached hydrogens (tertiary/aromatic N) is 1. The maximum Gasteiger partial charge on any atom is 0.137 e. The summed E-state index contributed by atoms with van der Waals surface area (Å²) in [6.45, 7) is 0.851. The van der Waals surface area contributed by atoms with Gasteiger partial charge in [0.25, 0.3) is 0 Å². The fourth-order valence-corrected chi connectivity index (χ4v) is 2.25. The zero-order valence-electron chi connectivity index (χ0n) is 8.79. The standard InChI is InChI=1S/C12H16BrNO/c13-12-7-6-11(8-14-12)15-9-10-4-2-1-3-5-10/h6-8,10H,1-5,9H2. The highest BCUT2D eigenvalue weighted by atomic mass is 79.9. The van der Waals surface area contributed by atoms with Crippen LogP contribution in [0.5, 0.6) is 5.75 Å². The molecule has 0 amide bonds. The Balaban J connectivity index is 1.79. The molecule has 2 nitrogen and oxygen atoms in total. The number of pyridine rings is 1. The Kier molecular flexibility index (Phi) is 4.01. The third-order valence-electron chi connectivity index (χ3n) is 2.91. The summed E-state index contributed by atoms with van der Waals surface area (Å²) in [4.78, 5) is 4.13. The minimum absolute atomic E-state index is 0.752. The lowest BCUT2D eigenvalue weighted by Gasteiger charge is -2.21. The van der Waals surface area contributed by atoms with Crippen LogP contribution >= 0.6 is 15.9 Å². The van der Waals surface area contributed by atoms with Crippen molar-refractivity contribution in [2.24, 2.45) is 5.92 Å². The second-order valence-electron chi connectivity index (χ2n) is 4.13. The summed E-state index contributed by atoms with van der Waals surface area (Å²) < 4.78 is 6.57. The second kappa shape index (κ2) is 5.50. The van der Waals surface area contributed by atoms with Crippen LogP contribution in [0.25, 0.3) is 0 Å². The molecule has 1 saturated carbocycles. The number of rotatable bonds is 3. The summed E-state index contributed by atoms with van der Waals surface area (Å²) in [5.74, 6) is 1.63. The molecule has 0 aromatic carbocycles. The van der Waals surface area contributed by atoms with Crippen LogP contribution in [-0.2, 0) is 0 Å². The van der Waals surface area contributed by atoms with Crippen LogP contribution in [0.4, 0.5) is 0 Å². The van der Waals surface area contributed by atoms with E-state index < -0.39 is 0 Å². The number of aromatic nitrogens is 1. The van der Waals surface area contributed by atoms with Crippen LogP contribution in [0.1, 0.15) is 32.1 Å². The maximum absolute atomic E-state index is 5.72.